The largest absolute Gasteiger partial charge is 0.389 e. The summed E-state index contributed by atoms with van der Waals surface area (Å²) in [6.07, 6.45) is 13.5. The highest BCUT2D eigenvalue weighted by atomic mass is 32.2. The van der Waals surface area contributed by atoms with Gasteiger partial charge in [0.05, 0.1) is 12.7 Å². The number of aliphatic hydroxyl groups is 1. The van der Waals surface area contributed by atoms with Crippen LogP contribution in [0.25, 0.3) is 0 Å². The Kier molecular flexibility index (Phi) is 10.8. The van der Waals surface area contributed by atoms with Crippen LogP contribution < -0.4 is 5.32 Å². The molecule has 0 aromatic carbocycles. The third kappa shape index (κ3) is 8.44. The zero-order chi connectivity index (χ0) is 15.4. The van der Waals surface area contributed by atoms with Crippen LogP contribution in [0.5, 0.6) is 0 Å². The van der Waals surface area contributed by atoms with Gasteiger partial charge in [-0.25, -0.2) is 0 Å². The minimum absolute atomic E-state index is 0.371. The molecule has 0 aromatic heterocycles. The summed E-state index contributed by atoms with van der Waals surface area (Å²) in [6, 6.07) is 0. The molecular weight excluding hydrogens is 282 g/mol. The highest BCUT2D eigenvalue weighted by Crippen LogP contribution is 2.42. The lowest BCUT2D eigenvalue weighted by Crippen LogP contribution is -2.45. The maximum atomic E-state index is 9.89. The lowest BCUT2D eigenvalue weighted by molar-refractivity contribution is 0.0349. The van der Waals surface area contributed by atoms with Crippen LogP contribution in [0.2, 0.25) is 0 Å². The molecule has 1 saturated carbocycles. The van der Waals surface area contributed by atoms with Gasteiger partial charge in [0.25, 0.3) is 0 Å². The first-order chi connectivity index (χ1) is 10.2. The van der Waals surface area contributed by atoms with E-state index < -0.39 is 0 Å². The molecule has 0 aliphatic heterocycles. The van der Waals surface area contributed by atoms with E-state index in [1.165, 1.54) is 51.4 Å². The maximum absolute atomic E-state index is 9.89. The predicted molar refractivity (Wildman–Crippen MR) is 93.2 cm³/mol. The highest BCUT2D eigenvalue weighted by molar-refractivity contribution is 8.00. The average molecular weight is 318 g/mol. The molecule has 0 saturated heterocycles. The molecule has 0 amide bonds. The second-order valence-electron chi connectivity index (χ2n) is 6.37. The van der Waals surface area contributed by atoms with Crippen molar-refractivity contribution < 1.29 is 9.84 Å². The molecule has 4 heteroatoms. The number of rotatable bonds is 14. The van der Waals surface area contributed by atoms with Crippen LogP contribution in [0.1, 0.15) is 64.7 Å². The number of nitrogens with one attached hydrogen (secondary N) is 1. The van der Waals surface area contributed by atoms with Crippen molar-refractivity contribution in [2.45, 2.75) is 75.6 Å². The molecule has 126 valence electrons. The molecule has 3 nitrogen and oxygen atoms in total. The molecular formula is C17H35NO2S. The second kappa shape index (κ2) is 11.8. The zero-order valence-corrected chi connectivity index (χ0v) is 14.8. The second-order valence-corrected chi connectivity index (χ2v) is 7.64. The molecule has 0 bridgehead atoms. The molecule has 0 radical (unpaired) electrons. The lowest BCUT2D eigenvalue weighted by atomic mass is 9.84. The SMILES string of the molecule is CCCCCCCCOCC(O)CNCC1(SC)CCC1. The summed E-state index contributed by atoms with van der Waals surface area (Å²) in [7, 11) is 0. The monoisotopic (exact) mass is 317 g/mol. The van der Waals surface area contributed by atoms with Gasteiger partial charge in [-0.15, -0.1) is 0 Å². The minimum Gasteiger partial charge on any atom is -0.389 e. The Morgan fingerprint density at radius 1 is 1.19 bits per heavy atom. The summed E-state index contributed by atoms with van der Waals surface area (Å²) in [5.41, 5.74) is 0. The van der Waals surface area contributed by atoms with Gasteiger partial charge in [0, 0.05) is 24.4 Å². The number of ether oxygens (including phenoxy) is 1. The van der Waals surface area contributed by atoms with Gasteiger partial charge in [-0.3, -0.25) is 0 Å². The molecule has 2 N–H and O–H groups in total. The van der Waals surface area contributed by atoms with Crippen LogP contribution in [-0.4, -0.2) is 48.5 Å². The number of unbranched alkanes of at least 4 members (excludes halogenated alkanes) is 5. The van der Waals surface area contributed by atoms with E-state index in [0.29, 0.717) is 17.9 Å². The number of thioether (sulfide) groups is 1. The van der Waals surface area contributed by atoms with Crippen LogP contribution in [0.15, 0.2) is 0 Å². The Balaban J connectivity index is 1.86. The van der Waals surface area contributed by atoms with Crippen molar-refractivity contribution in [1.82, 2.24) is 5.32 Å². The summed E-state index contributed by atoms with van der Waals surface area (Å²) in [4.78, 5) is 0. The number of aliphatic hydroxyl groups excluding tert-OH is 1. The third-order valence-electron chi connectivity index (χ3n) is 4.48. The fraction of sp³-hybridized carbons (Fsp3) is 1.00. The van der Waals surface area contributed by atoms with Crippen LogP contribution in [0.4, 0.5) is 0 Å². The van der Waals surface area contributed by atoms with Crippen LogP contribution in [0.3, 0.4) is 0 Å². The van der Waals surface area contributed by atoms with Crippen molar-refractivity contribution in [3.63, 3.8) is 0 Å². The van der Waals surface area contributed by atoms with E-state index in [2.05, 4.69) is 18.5 Å². The Hall–Kier alpha value is 0.230. The molecule has 0 spiro atoms. The molecule has 1 rings (SSSR count). The quantitative estimate of drug-likeness (QED) is 0.480. The van der Waals surface area contributed by atoms with Crippen molar-refractivity contribution in [3.8, 4) is 0 Å². The van der Waals surface area contributed by atoms with E-state index in [1.807, 2.05) is 11.8 Å². The molecule has 1 atom stereocenters. The van der Waals surface area contributed by atoms with E-state index in [-0.39, 0.29) is 6.10 Å². The summed E-state index contributed by atoms with van der Waals surface area (Å²) in [5.74, 6) is 0. The molecule has 21 heavy (non-hydrogen) atoms. The predicted octanol–water partition coefficient (Wildman–Crippen LogP) is 3.60. The molecule has 0 heterocycles. The average Bonchev–Trinajstić information content (AvgIpc) is 2.45. The fourth-order valence-corrected chi connectivity index (χ4v) is 3.70. The van der Waals surface area contributed by atoms with Crippen molar-refractivity contribution in [3.05, 3.63) is 0 Å². The lowest BCUT2D eigenvalue weighted by Gasteiger charge is -2.40. The standard InChI is InChI=1S/C17H35NO2S/c1-3-4-5-6-7-8-12-20-14-16(19)13-18-15-17(21-2)10-9-11-17/h16,18-19H,3-15H2,1-2H3. The third-order valence-corrected chi connectivity index (χ3v) is 5.90. The Morgan fingerprint density at radius 2 is 1.90 bits per heavy atom. The first kappa shape index (κ1) is 19.3. The summed E-state index contributed by atoms with van der Waals surface area (Å²) >= 11 is 1.97. The van der Waals surface area contributed by atoms with Gasteiger partial charge in [0.15, 0.2) is 0 Å². The van der Waals surface area contributed by atoms with E-state index in [4.69, 9.17) is 4.74 Å². The van der Waals surface area contributed by atoms with Crippen molar-refractivity contribution in [1.29, 1.82) is 0 Å². The Labute approximate surface area is 135 Å². The molecule has 1 unspecified atom stereocenters. The first-order valence-electron chi connectivity index (χ1n) is 8.74. The highest BCUT2D eigenvalue weighted by Gasteiger charge is 2.35. The van der Waals surface area contributed by atoms with Gasteiger partial charge in [-0.2, -0.15) is 11.8 Å². The van der Waals surface area contributed by atoms with Crippen LogP contribution in [-0.2, 0) is 4.74 Å². The van der Waals surface area contributed by atoms with Crippen molar-refractivity contribution in [2.75, 3.05) is 32.6 Å². The van der Waals surface area contributed by atoms with Crippen LogP contribution >= 0.6 is 11.8 Å². The van der Waals surface area contributed by atoms with Gasteiger partial charge in [-0.05, 0) is 25.5 Å². The van der Waals surface area contributed by atoms with Gasteiger partial charge in [-0.1, -0.05) is 45.4 Å². The van der Waals surface area contributed by atoms with Crippen molar-refractivity contribution >= 4 is 11.8 Å². The van der Waals surface area contributed by atoms with E-state index in [9.17, 15) is 5.11 Å². The summed E-state index contributed by atoms with van der Waals surface area (Å²) in [6.45, 7) is 5.16. The van der Waals surface area contributed by atoms with E-state index >= 15 is 0 Å². The normalized spacial score (nSPS) is 18.4. The first-order valence-corrected chi connectivity index (χ1v) is 9.96. The van der Waals surface area contributed by atoms with Gasteiger partial charge in [0.1, 0.15) is 0 Å². The van der Waals surface area contributed by atoms with Gasteiger partial charge in [0.2, 0.25) is 0 Å². The van der Waals surface area contributed by atoms with Crippen LogP contribution in [0, 0.1) is 0 Å². The summed E-state index contributed by atoms with van der Waals surface area (Å²) in [5, 5.41) is 13.3. The molecule has 1 fully saturated rings. The molecule has 1 aliphatic carbocycles. The summed E-state index contributed by atoms with van der Waals surface area (Å²) < 4.78 is 6.00. The topological polar surface area (TPSA) is 41.5 Å². The Bertz CT molecular complexity index is 241. The fourth-order valence-electron chi connectivity index (χ4n) is 2.75. The number of hydrogen-bond acceptors (Lipinski definition) is 4. The van der Waals surface area contributed by atoms with E-state index in [1.54, 1.807) is 0 Å². The van der Waals surface area contributed by atoms with Gasteiger partial charge >= 0.3 is 0 Å². The Morgan fingerprint density at radius 3 is 2.52 bits per heavy atom. The maximum Gasteiger partial charge on any atom is 0.0897 e. The van der Waals surface area contributed by atoms with E-state index in [0.717, 1.165) is 19.6 Å². The minimum atomic E-state index is -0.371. The zero-order valence-electron chi connectivity index (χ0n) is 14.0. The smallest absolute Gasteiger partial charge is 0.0897 e. The number of hydrogen-bond donors (Lipinski definition) is 2. The van der Waals surface area contributed by atoms with Gasteiger partial charge < -0.3 is 15.2 Å². The molecule has 1 aliphatic rings. The van der Waals surface area contributed by atoms with Crippen molar-refractivity contribution in [2.24, 2.45) is 0 Å². The molecule has 0 aromatic rings.